The number of rotatable bonds is 6. The predicted octanol–water partition coefficient (Wildman–Crippen LogP) is 5.31. The fourth-order valence-electron chi connectivity index (χ4n) is 4.65. The van der Waals surface area contributed by atoms with Crippen LogP contribution in [0, 0.1) is 5.92 Å². The maximum Gasteiger partial charge on any atom is 0.276 e. The van der Waals surface area contributed by atoms with Gasteiger partial charge in [-0.2, -0.15) is 0 Å². The van der Waals surface area contributed by atoms with Crippen molar-refractivity contribution in [1.82, 2.24) is 14.3 Å². The molecule has 0 spiro atoms. The minimum absolute atomic E-state index is 0.139. The second kappa shape index (κ2) is 8.58. The Labute approximate surface area is 192 Å². The number of benzene rings is 3. The van der Waals surface area contributed by atoms with Gasteiger partial charge in [0.1, 0.15) is 11.6 Å². The van der Waals surface area contributed by atoms with E-state index in [4.69, 9.17) is 0 Å². The van der Waals surface area contributed by atoms with Crippen molar-refractivity contribution in [1.29, 1.82) is 0 Å². The maximum absolute atomic E-state index is 14.0. The van der Waals surface area contributed by atoms with Crippen molar-refractivity contribution < 1.29 is 4.79 Å². The number of hydrogen-bond acceptors (Lipinski definition) is 2. The number of aromatic nitrogens is 2. The number of carbonyl (C=O) groups is 1. The van der Waals surface area contributed by atoms with E-state index in [0.29, 0.717) is 18.5 Å². The van der Waals surface area contributed by atoms with Crippen molar-refractivity contribution in [2.75, 3.05) is 0 Å². The van der Waals surface area contributed by atoms with Gasteiger partial charge < -0.3 is 9.72 Å². The summed E-state index contributed by atoms with van der Waals surface area (Å²) in [7, 11) is 0. The van der Waals surface area contributed by atoms with Gasteiger partial charge in [0.2, 0.25) is 5.91 Å². The van der Waals surface area contributed by atoms with Crippen molar-refractivity contribution >= 4 is 33.2 Å². The van der Waals surface area contributed by atoms with E-state index in [2.05, 4.69) is 19.2 Å². The van der Waals surface area contributed by atoms with Crippen LogP contribution in [0.2, 0.25) is 0 Å². The van der Waals surface area contributed by atoms with Gasteiger partial charge in [-0.25, -0.2) is 0 Å². The molecule has 5 heteroatoms. The molecule has 2 heterocycles. The van der Waals surface area contributed by atoms with Crippen LogP contribution in [-0.4, -0.2) is 14.9 Å². The van der Waals surface area contributed by atoms with Gasteiger partial charge in [0.15, 0.2) is 0 Å². The van der Waals surface area contributed by atoms with Crippen molar-refractivity contribution in [3.8, 4) is 0 Å². The molecular weight excluding hydrogens is 410 g/mol. The lowest BCUT2D eigenvalue weighted by molar-refractivity contribution is -0.125. The largest absolute Gasteiger partial charge is 0.350 e. The monoisotopic (exact) mass is 437 g/mol. The first-order valence-electron chi connectivity index (χ1n) is 11.4. The highest BCUT2D eigenvalue weighted by atomic mass is 16.2. The summed E-state index contributed by atoms with van der Waals surface area (Å²) in [6.45, 7) is 4.59. The molecule has 5 nitrogen and oxygen atoms in total. The zero-order valence-corrected chi connectivity index (χ0v) is 18.9. The highest BCUT2D eigenvalue weighted by Gasteiger charge is 2.26. The Morgan fingerprint density at radius 3 is 2.30 bits per heavy atom. The first-order valence-corrected chi connectivity index (χ1v) is 11.4. The second-order valence-corrected chi connectivity index (χ2v) is 8.95. The van der Waals surface area contributed by atoms with Crippen LogP contribution < -0.4 is 10.9 Å². The average Bonchev–Trinajstić information content (AvgIpc) is 3.23. The van der Waals surface area contributed by atoms with Crippen LogP contribution in [0.1, 0.15) is 31.9 Å². The lowest BCUT2D eigenvalue weighted by Crippen LogP contribution is -2.38. The van der Waals surface area contributed by atoms with Gasteiger partial charge in [0.25, 0.3) is 5.56 Å². The summed E-state index contributed by atoms with van der Waals surface area (Å²) in [5, 5.41) is 4.97. The van der Waals surface area contributed by atoms with Crippen molar-refractivity contribution in [2.45, 2.75) is 32.9 Å². The number of nitrogens with zero attached hydrogens (tertiary/aromatic N) is 2. The van der Waals surface area contributed by atoms with E-state index < -0.39 is 6.04 Å². The van der Waals surface area contributed by atoms with Gasteiger partial charge in [0.05, 0.1) is 11.0 Å². The third-order valence-corrected chi connectivity index (χ3v) is 6.17. The Morgan fingerprint density at radius 2 is 1.55 bits per heavy atom. The smallest absolute Gasteiger partial charge is 0.276 e. The zero-order valence-electron chi connectivity index (χ0n) is 18.9. The van der Waals surface area contributed by atoms with Crippen LogP contribution in [0.5, 0.6) is 0 Å². The van der Waals surface area contributed by atoms with E-state index in [1.165, 1.54) is 0 Å². The minimum Gasteiger partial charge on any atom is -0.350 e. The predicted molar refractivity (Wildman–Crippen MR) is 133 cm³/mol. The van der Waals surface area contributed by atoms with Crippen molar-refractivity contribution in [2.24, 2.45) is 5.92 Å². The number of nitrogens with one attached hydrogen (secondary N) is 1. The molecule has 0 saturated heterocycles. The molecule has 0 radical (unpaired) electrons. The summed E-state index contributed by atoms with van der Waals surface area (Å²) in [6, 6.07) is 24.9. The molecule has 0 bridgehead atoms. The van der Waals surface area contributed by atoms with Gasteiger partial charge in [-0.05, 0) is 30.0 Å². The van der Waals surface area contributed by atoms with E-state index >= 15 is 0 Å². The Morgan fingerprint density at radius 1 is 0.879 bits per heavy atom. The highest BCUT2D eigenvalue weighted by Crippen LogP contribution is 2.27. The van der Waals surface area contributed by atoms with Gasteiger partial charge in [0, 0.05) is 23.5 Å². The summed E-state index contributed by atoms with van der Waals surface area (Å²) >= 11 is 0. The Balaban J connectivity index is 1.70. The summed E-state index contributed by atoms with van der Waals surface area (Å²) in [4.78, 5) is 27.5. The molecule has 5 rings (SSSR count). The molecule has 0 aliphatic heterocycles. The second-order valence-electron chi connectivity index (χ2n) is 8.95. The molecule has 166 valence electrons. The van der Waals surface area contributed by atoms with Crippen LogP contribution >= 0.6 is 0 Å². The number of fused-ring (bicyclic) bond motifs is 5. The topological polar surface area (TPSA) is 55.5 Å². The van der Waals surface area contributed by atoms with E-state index in [1.54, 1.807) is 4.57 Å². The Hall–Kier alpha value is -3.86. The molecule has 1 N–H and O–H groups in total. The number of carbonyl (C=O) groups excluding carboxylic acids is 1. The molecule has 0 aliphatic carbocycles. The number of hydrogen-bond donors (Lipinski definition) is 1. The SMILES string of the molecule is CC(C)CC(C(=O)NCc1ccccc1)n1c(=O)c2c3ccccc3cn2c2ccccc21. The van der Waals surface area contributed by atoms with Gasteiger partial charge in [-0.1, -0.05) is 80.6 Å². The first kappa shape index (κ1) is 21.0. The molecule has 1 amide bonds. The fourth-order valence-corrected chi connectivity index (χ4v) is 4.65. The van der Waals surface area contributed by atoms with Gasteiger partial charge in [-0.15, -0.1) is 0 Å². The van der Waals surface area contributed by atoms with E-state index in [0.717, 1.165) is 27.4 Å². The molecule has 0 saturated carbocycles. The van der Waals surface area contributed by atoms with E-state index in [-0.39, 0.29) is 17.4 Å². The Bertz CT molecular complexity index is 1510. The first-order chi connectivity index (χ1) is 16.0. The highest BCUT2D eigenvalue weighted by molar-refractivity contribution is 6.00. The average molecular weight is 438 g/mol. The van der Waals surface area contributed by atoms with Crippen molar-refractivity contribution in [3.05, 3.63) is 101 Å². The molecular formula is C28H27N3O2. The molecule has 1 atom stereocenters. The quantitative estimate of drug-likeness (QED) is 0.391. The molecule has 5 aromatic rings. The lowest BCUT2D eigenvalue weighted by Gasteiger charge is -2.24. The maximum atomic E-state index is 14.0. The van der Waals surface area contributed by atoms with Crippen molar-refractivity contribution in [3.63, 3.8) is 0 Å². The van der Waals surface area contributed by atoms with Crippen LogP contribution in [-0.2, 0) is 11.3 Å². The molecule has 0 aliphatic rings. The molecule has 3 aromatic carbocycles. The summed E-state index contributed by atoms with van der Waals surface area (Å²) in [5.74, 6) is 0.0999. The van der Waals surface area contributed by atoms with E-state index in [1.807, 2.05) is 89.5 Å². The third-order valence-electron chi connectivity index (χ3n) is 6.17. The number of amides is 1. The molecule has 2 aromatic heterocycles. The molecule has 33 heavy (non-hydrogen) atoms. The standard InChI is InChI=1S/C28H27N3O2/c1-19(2)16-25(27(32)29-17-20-10-4-3-5-11-20)31-24-15-9-8-14-23(24)30-18-21-12-6-7-13-22(21)26(30)28(31)33/h3-15,18-19,25H,16-17H2,1-2H3,(H,29,32). The summed E-state index contributed by atoms with van der Waals surface area (Å²) in [5.41, 5.74) is 3.16. The normalized spacial score (nSPS) is 12.6. The third kappa shape index (κ3) is 3.80. The van der Waals surface area contributed by atoms with Gasteiger partial charge >= 0.3 is 0 Å². The van der Waals surface area contributed by atoms with Crippen LogP contribution in [0.3, 0.4) is 0 Å². The minimum atomic E-state index is -0.607. The summed E-state index contributed by atoms with van der Waals surface area (Å²) in [6.07, 6.45) is 2.57. The molecule has 0 fully saturated rings. The summed E-state index contributed by atoms with van der Waals surface area (Å²) < 4.78 is 3.67. The zero-order chi connectivity index (χ0) is 22.9. The van der Waals surface area contributed by atoms with E-state index in [9.17, 15) is 9.59 Å². The fraction of sp³-hybridized carbons (Fsp3) is 0.214. The van der Waals surface area contributed by atoms with Crippen LogP contribution in [0.15, 0.2) is 89.9 Å². The molecule has 1 unspecified atom stereocenters. The van der Waals surface area contributed by atoms with Crippen LogP contribution in [0.4, 0.5) is 0 Å². The lowest BCUT2D eigenvalue weighted by atomic mass is 10.0. The number of para-hydroxylation sites is 2. The van der Waals surface area contributed by atoms with Gasteiger partial charge in [-0.3, -0.25) is 14.2 Å². The Kier molecular flexibility index (Phi) is 5.47. The van der Waals surface area contributed by atoms with Crippen LogP contribution in [0.25, 0.3) is 27.3 Å².